The van der Waals surface area contributed by atoms with Crippen LogP contribution in [0, 0.1) is 5.82 Å². The standard InChI is InChI=1S/C18H18FN5O/c1-24-17(11-16(23-24)13-6-8-21-9-7-13)22-18(25)15(20)10-12-2-4-14(19)5-3-12/h2-9,11,15H,10,20H2,1H3,(H,22,25)/t15-/m0/s1. The molecular weight excluding hydrogens is 321 g/mol. The lowest BCUT2D eigenvalue weighted by Crippen LogP contribution is -2.37. The maximum Gasteiger partial charge on any atom is 0.242 e. The van der Waals surface area contributed by atoms with Gasteiger partial charge in [0.1, 0.15) is 11.6 Å². The van der Waals surface area contributed by atoms with Crippen molar-refractivity contribution in [2.45, 2.75) is 12.5 Å². The van der Waals surface area contributed by atoms with E-state index in [9.17, 15) is 9.18 Å². The third-order valence-electron chi connectivity index (χ3n) is 3.81. The molecule has 6 nitrogen and oxygen atoms in total. The van der Waals surface area contributed by atoms with Crippen LogP contribution in [-0.2, 0) is 18.3 Å². The van der Waals surface area contributed by atoms with Gasteiger partial charge in [0.25, 0.3) is 0 Å². The van der Waals surface area contributed by atoms with Crippen LogP contribution in [-0.4, -0.2) is 26.7 Å². The number of benzene rings is 1. The third-order valence-corrected chi connectivity index (χ3v) is 3.81. The van der Waals surface area contributed by atoms with E-state index in [1.165, 1.54) is 12.1 Å². The molecule has 25 heavy (non-hydrogen) atoms. The summed E-state index contributed by atoms with van der Waals surface area (Å²) in [7, 11) is 1.74. The van der Waals surface area contributed by atoms with Crippen LogP contribution in [0.25, 0.3) is 11.3 Å². The number of carbonyl (C=O) groups excluding carboxylic acids is 1. The number of rotatable bonds is 5. The number of nitrogens with one attached hydrogen (secondary N) is 1. The van der Waals surface area contributed by atoms with Gasteiger partial charge < -0.3 is 11.1 Å². The summed E-state index contributed by atoms with van der Waals surface area (Å²) < 4.78 is 14.5. The number of aromatic nitrogens is 3. The number of carbonyl (C=O) groups is 1. The number of nitrogens with zero attached hydrogens (tertiary/aromatic N) is 3. The van der Waals surface area contributed by atoms with Gasteiger partial charge in [0, 0.05) is 31.1 Å². The van der Waals surface area contributed by atoms with Gasteiger partial charge in [-0.2, -0.15) is 5.10 Å². The molecule has 0 fully saturated rings. The van der Waals surface area contributed by atoms with Crippen molar-refractivity contribution in [3.63, 3.8) is 0 Å². The fourth-order valence-electron chi connectivity index (χ4n) is 2.43. The number of hydrogen-bond donors (Lipinski definition) is 2. The Labute approximate surface area is 144 Å². The van der Waals surface area contributed by atoms with Crippen LogP contribution in [0.4, 0.5) is 10.2 Å². The van der Waals surface area contributed by atoms with Gasteiger partial charge in [-0.15, -0.1) is 0 Å². The fourth-order valence-corrected chi connectivity index (χ4v) is 2.43. The molecule has 2 aromatic heterocycles. The van der Waals surface area contributed by atoms with Gasteiger partial charge in [-0.05, 0) is 36.2 Å². The normalized spacial score (nSPS) is 12.0. The maximum atomic E-state index is 12.9. The summed E-state index contributed by atoms with van der Waals surface area (Å²) in [6, 6.07) is 10.6. The molecule has 0 unspecified atom stereocenters. The molecule has 1 amide bonds. The molecule has 1 atom stereocenters. The van der Waals surface area contributed by atoms with E-state index >= 15 is 0 Å². The van der Waals surface area contributed by atoms with Crippen LogP contribution < -0.4 is 11.1 Å². The largest absolute Gasteiger partial charge is 0.320 e. The highest BCUT2D eigenvalue weighted by molar-refractivity contribution is 5.94. The van der Waals surface area contributed by atoms with Crippen LogP contribution in [0.1, 0.15) is 5.56 Å². The lowest BCUT2D eigenvalue weighted by Gasteiger charge is -2.12. The number of amides is 1. The van der Waals surface area contributed by atoms with Gasteiger partial charge >= 0.3 is 0 Å². The number of nitrogens with two attached hydrogens (primary N) is 1. The summed E-state index contributed by atoms with van der Waals surface area (Å²) in [4.78, 5) is 16.3. The first-order valence-electron chi connectivity index (χ1n) is 7.78. The van der Waals surface area contributed by atoms with E-state index in [0.29, 0.717) is 12.2 Å². The average molecular weight is 339 g/mol. The molecule has 0 aliphatic heterocycles. The van der Waals surface area contributed by atoms with Crippen LogP contribution in [0.15, 0.2) is 54.9 Å². The molecule has 0 spiro atoms. The fraction of sp³-hybridized carbons (Fsp3) is 0.167. The van der Waals surface area contributed by atoms with E-state index in [4.69, 9.17) is 5.73 Å². The summed E-state index contributed by atoms with van der Waals surface area (Å²) in [6.45, 7) is 0. The Morgan fingerprint density at radius 1 is 1.24 bits per heavy atom. The first kappa shape index (κ1) is 16.8. The topological polar surface area (TPSA) is 85.8 Å². The Bertz CT molecular complexity index is 861. The molecule has 0 aliphatic rings. The van der Waals surface area contributed by atoms with Gasteiger partial charge in [-0.25, -0.2) is 4.39 Å². The van der Waals surface area contributed by atoms with E-state index in [1.54, 1.807) is 42.3 Å². The van der Waals surface area contributed by atoms with Crippen molar-refractivity contribution >= 4 is 11.7 Å². The zero-order valence-electron chi connectivity index (χ0n) is 13.7. The number of halogens is 1. The minimum absolute atomic E-state index is 0.319. The molecule has 0 bridgehead atoms. The highest BCUT2D eigenvalue weighted by atomic mass is 19.1. The van der Waals surface area contributed by atoms with Crippen molar-refractivity contribution in [2.75, 3.05) is 5.32 Å². The molecular formula is C18H18FN5O. The van der Waals surface area contributed by atoms with E-state index in [2.05, 4.69) is 15.4 Å². The molecule has 1 aromatic carbocycles. The van der Waals surface area contributed by atoms with Crippen molar-refractivity contribution in [3.05, 3.63) is 66.2 Å². The third kappa shape index (κ3) is 4.07. The molecule has 0 saturated heterocycles. The van der Waals surface area contributed by atoms with Crippen molar-refractivity contribution in [2.24, 2.45) is 12.8 Å². The van der Waals surface area contributed by atoms with Gasteiger partial charge in [-0.3, -0.25) is 14.5 Å². The number of anilines is 1. The average Bonchev–Trinajstić information content (AvgIpc) is 2.98. The minimum Gasteiger partial charge on any atom is -0.320 e. The smallest absolute Gasteiger partial charge is 0.242 e. The van der Waals surface area contributed by atoms with Crippen molar-refractivity contribution in [1.82, 2.24) is 14.8 Å². The number of hydrogen-bond acceptors (Lipinski definition) is 4. The summed E-state index contributed by atoms with van der Waals surface area (Å²) in [5, 5.41) is 7.16. The monoisotopic (exact) mass is 339 g/mol. The van der Waals surface area contributed by atoms with Gasteiger partial charge in [-0.1, -0.05) is 12.1 Å². The Balaban J connectivity index is 1.68. The molecule has 3 aromatic rings. The van der Waals surface area contributed by atoms with Crippen molar-refractivity contribution in [3.8, 4) is 11.3 Å². The van der Waals surface area contributed by atoms with Gasteiger partial charge in [0.05, 0.1) is 11.7 Å². The quantitative estimate of drug-likeness (QED) is 0.746. The highest BCUT2D eigenvalue weighted by Crippen LogP contribution is 2.20. The van der Waals surface area contributed by atoms with Crippen LogP contribution >= 0.6 is 0 Å². The zero-order chi connectivity index (χ0) is 17.8. The number of aryl methyl sites for hydroxylation is 1. The van der Waals surface area contributed by atoms with E-state index in [-0.39, 0.29) is 11.7 Å². The van der Waals surface area contributed by atoms with Crippen molar-refractivity contribution in [1.29, 1.82) is 0 Å². The Morgan fingerprint density at radius 2 is 1.92 bits per heavy atom. The first-order chi connectivity index (χ1) is 12.0. The lowest BCUT2D eigenvalue weighted by atomic mass is 10.1. The molecule has 3 rings (SSSR count). The molecule has 0 aliphatic carbocycles. The Hall–Kier alpha value is -3.06. The van der Waals surface area contributed by atoms with Gasteiger partial charge in [0.2, 0.25) is 5.91 Å². The molecule has 3 N–H and O–H groups in total. The second-order valence-corrected chi connectivity index (χ2v) is 5.70. The van der Waals surface area contributed by atoms with Crippen molar-refractivity contribution < 1.29 is 9.18 Å². The highest BCUT2D eigenvalue weighted by Gasteiger charge is 2.17. The summed E-state index contributed by atoms with van der Waals surface area (Å²) in [5.74, 6) is -0.0970. The number of pyridine rings is 1. The van der Waals surface area contributed by atoms with E-state index in [0.717, 1.165) is 16.8 Å². The molecule has 7 heteroatoms. The van der Waals surface area contributed by atoms with E-state index < -0.39 is 6.04 Å². The van der Waals surface area contributed by atoms with Crippen LogP contribution in [0.5, 0.6) is 0 Å². The lowest BCUT2D eigenvalue weighted by molar-refractivity contribution is -0.117. The SMILES string of the molecule is Cn1nc(-c2ccncc2)cc1NC(=O)[C@@H](N)Cc1ccc(F)cc1. The first-order valence-corrected chi connectivity index (χ1v) is 7.78. The minimum atomic E-state index is -0.746. The zero-order valence-corrected chi connectivity index (χ0v) is 13.7. The Morgan fingerprint density at radius 3 is 2.60 bits per heavy atom. The summed E-state index contributed by atoms with van der Waals surface area (Å²) in [5.41, 5.74) is 8.39. The predicted octanol–water partition coefficient (Wildman–Crippen LogP) is 2.13. The molecule has 128 valence electrons. The predicted molar refractivity (Wildman–Crippen MR) is 93.1 cm³/mol. The van der Waals surface area contributed by atoms with E-state index in [1.807, 2.05) is 12.1 Å². The molecule has 0 saturated carbocycles. The second kappa shape index (κ2) is 7.23. The maximum absolute atomic E-state index is 12.9. The van der Waals surface area contributed by atoms with Crippen LogP contribution in [0.3, 0.4) is 0 Å². The second-order valence-electron chi connectivity index (χ2n) is 5.70. The summed E-state index contributed by atoms with van der Waals surface area (Å²) in [6.07, 6.45) is 3.68. The molecule has 0 radical (unpaired) electrons. The van der Waals surface area contributed by atoms with Gasteiger partial charge in [0.15, 0.2) is 0 Å². The molecule has 2 heterocycles. The summed E-state index contributed by atoms with van der Waals surface area (Å²) >= 11 is 0. The van der Waals surface area contributed by atoms with Crippen LogP contribution in [0.2, 0.25) is 0 Å². The Kier molecular flexibility index (Phi) is 4.85.